The number of aromatic carboxylic acids is 1. The van der Waals surface area contributed by atoms with Gasteiger partial charge >= 0.3 is 5.97 Å². The van der Waals surface area contributed by atoms with Crippen LogP contribution in [0.4, 0.5) is 0 Å². The first-order chi connectivity index (χ1) is 8.50. The molecule has 0 atom stereocenters. The summed E-state index contributed by atoms with van der Waals surface area (Å²) in [4.78, 5) is 11.0. The molecule has 2 N–H and O–H groups in total. The highest BCUT2D eigenvalue weighted by Gasteiger charge is 2.18. The van der Waals surface area contributed by atoms with Gasteiger partial charge in [0.05, 0.1) is 5.02 Å². The molecule has 0 saturated carbocycles. The summed E-state index contributed by atoms with van der Waals surface area (Å²) in [6.45, 7) is 1.96. The van der Waals surface area contributed by atoms with Crippen LogP contribution in [0.5, 0.6) is 5.75 Å². The molecule has 0 aliphatic rings. The molecule has 0 aliphatic carbocycles. The number of halogens is 1. The number of hydrogen-bond acceptors (Lipinski definition) is 2. The number of aromatic hydroxyl groups is 1. The van der Waals surface area contributed by atoms with Gasteiger partial charge in [0, 0.05) is 5.56 Å². The molecule has 4 heteroatoms. The number of benzene rings is 2. The van der Waals surface area contributed by atoms with Crippen molar-refractivity contribution in [1.82, 2.24) is 0 Å². The van der Waals surface area contributed by atoms with Crippen LogP contribution in [-0.2, 0) is 0 Å². The Hall–Kier alpha value is -2.00. The van der Waals surface area contributed by atoms with Crippen molar-refractivity contribution in [3.8, 4) is 16.9 Å². The average Bonchev–Trinajstić information content (AvgIpc) is 2.30. The number of carbonyl (C=O) groups is 1. The van der Waals surface area contributed by atoms with Gasteiger partial charge < -0.3 is 10.2 Å². The Labute approximate surface area is 109 Å². The fourth-order valence-electron chi connectivity index (χ4n) is 1.73. The minimum atomic E-state index is -1.24. The summed E-state index contributed by atoms with van der Waals surface area (Å²) in [5, 5.41) is 18.6. The van der Waals surface area contributed by atoms with Gasteiger partial charge in [-0.1, -0.05) is 41.4 Å². The summed E-state index contributed by atoms with van der Waals surface area (Å²) in [6, 6.07) is 10.5. The van der Waals surface area contributed by atoms with E-state index in [4.69, 9.17) is 16.7 Å². The van der Waals surface area contributed by atoms with E-state index < -0.39 is 5.97 Å². The molecule has 2 aromatic rings. The van der Waals surface area contributed by atoms with Gasteiger partial charge in [-0.3, -0.25) is 0 Å². The zero-order valence-corrected chi connectivity index (χ0v) is 10.4. The Balaban J connectivity index is 2.62. The molecule has 0 saturated heterocycles. The molecular formula is C14H11ClO3. The summed E-state index contributed by atoms with van der Waals surface area (Å²) in [5.41, 5.74) is 2.24. The Morgan fingerprint density at radius 1 is 1.11 bits per heavy atom. The van der Waals surface area contributed by atoms with Crippen LogP contribution in [0.25, 0.3) is 11.1 Å². The lowest BCUT2D eigenvalue weighted by molar-refractivity contribution is 0.0694. The molecule has 2 aromatic carbocycles. The third kappa shape index (κ3) is 2.17. The van der Waals surface area contributed by atoms with E-state index in [2.05, 4.69) is 0 Å². The molecular weight excluding hydrogens is 252 g/mol. The van der Waals surface area contributed by atoms with Gasteiger partial charge in [0.2, 0.25) is 0 Å². The van der Waals surface area contributed by atoms with Crippen LogP contribution in [0.15, 0.2) is 36.4 Å². The predicted octanol–water partition coefficient (Wildman–Crippen LogP) is 3.72. The van der Waals surface area contributed by atoms with Crippen LogP contribution >= 0.6 is 11.6 Å². The van der Waals surface area contributed by atoms with E-state index in [0.717, 1.165) is 11.1 Å². The smallest absolute Gasteiger partial charge is 0.341 e. The summed E-state index contributed by atoms with van der Waals surface area (Å²) in [5.74, 6) is -1.57. The third-order valence-corrected chi connectivity index (χ3v) is 3.09. The number of carboxylic acid groups (broad SMARTS) is 1. The van der Waals surface area contributed by atoms with Gasteiger partial charge in [-0.25, -0.2) is 4.79 Å². The number of aryl methyl sites for hydroxylation is 1. The Morgan fingerprint density at radius 2 is 1.72 bits per heavy atom. The molecule has 0 amide bonds. The maximum Gasteiger partial charge on any atom is 0.341 e. The number of hydrogen-bond donors (Lipinski definition) is 2. The van der Waals surface area contributed by atoms with Crippen molar-refractivity contribution in [1.29, 1.82) is 0 Å². The van der Waals surface area contributed by atoms with Crippen molar-refractivity contribution >= 4 is 17.6 Å². The van der Waals surface area contributed by atoms with Crippen LogP contribution in [0, 0.1) is 6.92 Å². The first-order valence-electron chi connectivity index (χ1n) is 5.32. The topological polar surface area (TPSA) is 57.5 Å². The van der Waals surface area contributed by atoms with E-state index in [9.17, 15) is 9.90 Å². The van der Waals surface area contributed by atoms with Crippen LogP contribution in [0.2, 0.25) is 5.02 Å². The van der Waals surface area contributed by atoms with Crippen molar-refractivity contribution in [2.45, 2.75) is 6.92 Å². The van der Waals surface area contributed by atoms with E-state index in [1.54, 1.807) is 6.07 Å². The minimum Gasteiger partial charge on any atom is -0.507 e. The van der Waals surface area contributed by atoms with Crippen molar-refractivity contribution in [2.75, 3.05) is 0 Å². The zero-order chi connectivity index (χ0) is 13.3. The van der Waals surface area contributed by atoms with E-state index in [0.29, 0.717) is 5.56 Å². The normalized spacial score (nSPS) is 10.3. The standard InChI is InChI=1S/C14H11ClO3/c1-8-2-4-9(5-3-8)10-6-7-11(16)12(13(10)15)14(17)18/h2-7,16H,1H3,(H,17,18). The van der Waals surface area contributed by atoms with Gasteiger partial charge in [0.25, 0.3) is 0 Å². The van der Waals surface area contributed by atoms with Gasteiger partial charge in [-0.15, -0.1) is 0 Å². The van der Waals surface area contributed by atoms with Gasteiger partial charge in [-0.2, -0.15) is 0 Å². The summed E-state index contributed by atoms with van der Waals surface area (Å²) in [7, 11) is 0. The predicted molar refractivity (Wildman–Crippen MR) is 70.2 cm³/mol. The number of rotatable bonds is 2. The fourth-order valence-corrected chi connectivity index (χ4v) is 2.08. The van der Waals surface area contributed by atoms with Crippen molar-refractivity contribution in [3.63, 3.8) is 0 Å². The molecule has 0 radical (unpaired) electrons. The molecule has 92 valence electrons. The largest absolute Gasteiger partial charge is 0.507 e. The average molecular weight is 263 g/mol. The molecule has 0 bridgehead atoms. The monoisotopic (exact) mass is 262 g/mol. The molecule has 2 rings (SSSR count). The van der Waals surface area contributed by atoms with Crippen LogP contribution in [0.3, 0.4) is 0 Å². The van der Waals surface area contributed by atoms with Crippen molar-refractivity contribution in [3.05, 3.63) is 52.5 Å². The number of carboxylic acids is 1. The summed E-state index contributed by atoms with van der Waals surface area (Å²) < 4.78 is 0. The second-order valence-electron chi connectivity index (χ2n) is 3.99. The second-order valence-corrected chi connectivity index (χ2v) is 4.37. The van der Waals surface area contributed by atoms with Crippen LogP contribution < -0.4 is 0 Å². The summed E-state index contributed by atoms with van der Waals surface area (Å²) in [6.07, 6.45) is 0. The second kappa shape index (κ2) is 4.70. The molecule has 0 aliphatic heterocycles. The van der Waals surface area contributed by atoms with E-state index in [-0.39, 0.29) is 16.3 Å². The lowest BCUT2D eigenvalue weighted by atomic mass is 10.0. The van der Waals surface area contributed by atoms with E-state index >= 15 is 0 Å². The highest BCUT2D eigenvalue weighted by atomic mass is 35.5. The fraction of sp³-hybridized carbons (Fsp3) is 0.0714. The van der Waals surface area contributed by atoms with Crippen LogP contribution in [-0.4, -0.2) is 16.2 Å². The highest BCUT2D eigenvalue weighted by Crippen LogP contribution is 2.35. The van der Waals surface area contributed by atoms with Gasteiger partial charge in [0.15, 0.2) is 0 Å². The molecule has 0 aromatic heterocycles. The Kier molecular flexibility index (Phi) is 3.26. The van der Waals surface area contributed by atoms with Gasteiger partial charge in [-0.05, 0) is 24.6 Å². The minimum absolute atomic E-state index is 0.0475. The lowest BCUT2D eigenvalue weighted by Crippen LogP contribution is -1.99. The first-order valence-corrected chi connectivity index (χ1v) is 5.70. The van der Waals surface area contributed by atoms with E-state index in [1.165, 1.54) is 6.07 Å². The maximum atomic E-state index is 11.0. The molecule has 18 heavy (non-hydrogen) atoms. The lowest BCUT2D eigenvalue weighted by Gasteiger charge is -2.09. The Bertz CT molecular complexity index is 603. The van der Waals surface area contributed by atoms with Crippen molar-refractivity contribution in [2.24, 2.45) is 0 Å². The zero-order valence-electron chi connectivity index (χ0n) is 9.64. The summed E-state index contributed by atoms with van der Waals surface area (Å²) >= 11 is 6.04. The quantitative estimate of drug-likeness (QED) is 0.867. The third-order valence-electron chi connectivity index (χ3n) is 2.70. The van der Waals surface area contributed by atoms with Crippen molar-refractivity contribution < 1.29 is 15.0 Å². The SMILES string of the molecule is Cc1ccc(-c2ccc(O)c(C(=O)O)c2Cl)cc1. The maximum absolute atomic E-state index is 11.0. The van der Waals surface area contributed by atoms with E-state index in [1.807, 2.05) is 31.2 Å². The molecule has 0 spiro atoms. The number of phenols is 1. The molecule has 0 fully saturated rings. The molecule has 3 nitrogen and oxygen atoms in total. The molecule has 0 unspecified atom stereocenters. The van der Waals surface area contributed by atoms with Crippen LogP contribution in [0.1, 0.15) is 15.9 Å². The first kappa shape index (κ1) is 12.5. The molecule has 0 heterocycles. The highest BCUT2D eigenvalue weighted by molar-refractivity contribution is 6.36. The Morgan fingerprint density at radius 3 is 2.28 bits per heavy atom. The van der Waals surface area contributed by atoms with Gasteiger partial charge in [0.1, 0.15) is 11.3 Å².